The van der Waals surface area contributed by atoms with Crippen molar-refractivity contribution in [3.63, 3.8) is 0 Å². The number of carbonyl (C=O) groups excluding carboxylic acids is 1. The number of hydrogen-bond acceptors (Lipinski definition) is 4. The van der Waals surface area contributed by atoms with Gasteiger partial charge < -0.3 is 14.8 Å². The average molecular weight is 306 g/mol. The molecule has 0 unspecified atom stereocenters. The molecule has 0 radical (unpaired) electrons. The summed E-state index contributed by atoms with van der Waals surface area (Å²) in [5.41, 5.74) is 0.832. The van der Waals surface area contributed by atoms with Crippen molar-refractivity contribution in [3.05, 3.63) is 17.8 Å². The third kappa shape index (κ3) is 3.77. The van der Waals surface area contributed by atoms with Crippen LogP contribution in [0, 0.1) is 12.8 Å². The van der Waals surface area contributed by atoms with Crippen molar-refractivity contribution >= 4 is 11.6 Å². The van der Waals surface area contributed by atoms with Crippen LogP contribution in [0.15, 0.2) is 12.3 Å². The molecular formula is C17H26N2O3. The van der Waals surface area contributed by atoms with Crippen LogP contribution in [0.25, 0.3) is 0 Å². The molecule has 0 saturated heterocycles. The van der Waals surface area contributed by atoms with Gasteiger partial charge in [-0.1, -0.05) is 13.3 Å². The topological polar surface area (TPSA) is 60.5 Å². The summed E-state index contributed by atoms with van der Waals surface area (Å²) >= 11 is 0. The molecule has 122 valence electrons. The van der Waals surface area contributed by atoms with E-state index in [4.69, 9.17) is 9.47 Å². The predicted molar refractivity (Wildman–Crippen MR) is 86.1 cm³/mol. The zero-order valence-electron chi connectivity index (χ0n) is 13.9. The van der Waals surface area contributed by atoms with Crippen LogP contribution in [0.3, 0.4) is 0 Å². The van der Waals surface area contributed by atoms with E-state index in [1.54, 1.807) is 13.3 Å². The van der Waals surface area contributed by atoms with Gasteiger partial charge in [0.25, 0.3) is 5.91 Å². The van der Waals surface area contributed by atoms with Gasteiger partial charge in [-0.2, -0.15) is 0 Å². The van der Waals surface area contributed by atoms with E-state index in [9.17, 15) is 4.79 Å². The summed E-state index contributed by atoms with van der Waals surface area (Å²) in [4.78, 5) is 16.8. The van der Waals surface area contributed by atoms with Gasteiger partial charge in [0.15, 0.2) is 0 Å². The maximum absolute atomic E-state index is 12.5. The molecule has 5 heteroatoms. The van der Waals surface area contributed by atoms with Gasteiger partial charge in [0, 0.05) is 12.7 Å². The Morgan fingerprint density at radius 1 is 1.50 bits per heavy atom. The molecule has 1 aliphatic rings. The van der Waals surface area contributed by atoms with E-state index in [1.807, 2.05) is 19.9 Å². The molecule has 1 atom stereocenters. The minimum absolute atomic E-state index is 0.113. The van der Waals surface area contributed by atoms with E-state index in [0.29, 0.717) is 24.1 Å². The lowest BCUT2D eigenvalue weighted by atomic mass is 9.99. The number of aromatic nitrogens is 1. The quantitative estimate of drug-likeness (QED) is 0.748. The summed E-state index contributed by atoms with van der Waals surface area (Å²) < 4.78 is 11.1. The first-order valence-corrected chi connectivity index (χ1v) is 7.97. The summed E-state index contributed by atoms with van der Waals surface area (Å²) in [6.45, 7) is 6.57. The average Bonchev–Trinajstić information content (AvgIpc) is 3.34. The summed E-state index contributed by atoms with van der Waals surface area (Å²) in [6, 6.07) is 1.88. The molecule has 1 aromatic rings. The van der Waals surface area contributed by atoms with Crippen LogP contribution < -0.4 is 10.1 Å². The molecule has 0 aliphatic heterocycles. The fourth-order valence-electron chi connectivity index (χ4n) is 2.43. The normalized spacial score (nSPS) is 16.9. The Balaban J connectivity index is 2.01. The van der Waals surface area contributed by atoms with Gasteiger partial charge in [0.2, 0.25) is 5.88 Å². The van der Waals surface area contributed by atoms with Gasteiger partial charge in [0.1, 0.15) is 5.60 Å². The number of aryl methyl sites for hydroxylation is 1. The third-order valence-electron chi connectivity index (χ3n) is 4.26. The number of nitrogens with zero attached hydrogens (tertiary/aromatic N) is 1. The zero-order chi connectivity index (χ0) is 16.2. The van der Waals surface area contributed by atoms with E-state index in [1.165, 1.54) is 0 Å². The number of hydrogen-bond donors (Lipinski definition) is 1. The zero-order valence-corrected chi connectivity index (χ0v) is 13.9. The second-order valence-electron chi connectivity index (χ2n) is 6.09. The Labute approximate surface area is 132 Å². The van der Waals surface area contributed by atoms with Crippen LogP contribution in [-0.2, 0) is 9.53 Å². The molecule has 22 heavy (non-hydrogen) atoms. The Bertz CT molecular complexity index is 529. The van der Waals surface area contributed by atoms with Gasteiger partial charge >= 0.3 is 0 Å². The number of anilines is 1. The standard InChI is InChI=1S/C17H26N2O3/c1-5-6-9-22-15-12(2)10-14(11-18-15)19-16(20)17(3,21-4)13-7-8-13/h10-11,13H,5-9H2,1-4H3,(H,19,20)/t17-/m1/s1. The van der Waals surface area contributed by atoms with Crippen LogP contribution in [-0.4, -0.2) is 30.2 Å². The molecule has 1 fully saturated rings. The minimum Gasteiger partial charge on any atom is -0.477 e. The molecule has 1 heterocycles. The van der Waals surface area contributed by atoms with Gasteiger partial charge in [-0.05, 0) is 45.1 Å². The van der Waals surface area contributed by atoms with Gasteiger partial charge in [0.05, 0.1) is 18.5 Å². The second kappa shape index (κ2) is 7.09. The molecule has 0 spiro atoms. The van der Waals surface area contributed by atoms with Crippen LogP contribution in [0.4, 0.5) is 5.69 Å². The lowest BCUT2D eigenvalue weighted by Crippen LogP contribution is -2.44. The minimum atomic E-state index is -0.760. The van der Waals surface area contributed by atoms with Crippen LogP contribution in [0.5, 0.6) is 5.88 Å². The molecule has 0 aromatic carbocycles. The summed E-state index contributed by atoms with van der Waals surface area (Å²) in [7, 11) is 1.59. The molecule has 1 aromatic heterocycles. The highest BCUT2D eigenvalue weighted by Gasteiger charge is 2.47. The van der Waals surface area contributed by atoms with E-state index < -0.39 is 5.60 Å². The molecule has 1 N–H and O–H groups in total. The maximum Gasteiger partial charge on any atom is 0.256 e. The fourth-order valence-corrected chi connectivity index (χ4v) is 2.43. The lowest BCUT2D eigenvalue weighted by Gasteiger charge is -2.26. The van der Waals surface area contributed by atoms with Gasteiger partial charge in [-0.15, -0.1) is 0 Å². The first-order valence-electron chi connectivity index (χ1n) is 7.97. The van der Waals surface area contributed by atoms with Gasteiger partial charge in [-0.3, -0.25) is 4.79 Å². The number of carbonyl (C=O) groups is 1. The number of unbranched alkanes of at least 4 members (excludes halogenated alkanes) is 1. The highest BCUT2D eigenvalue weighted by Crippen LogP contribution is 2.42. The molecule has 1 amide bonds. The Kier molecular flexibility index (Phi) is 5.40. The van der Waals surface area contributed by atoms with Crippen molar-refractivity contribution < 1.29 is 14.3 Å². The number of pyridine rings is 1. The molecule has 1 aliphatic carbocycles. The van der Waals surface area contributed by atoms with Crippen molar-refractivity contribution in [1.29, 1.82) is 0 Å². The van der Waals surface area contributed by atoms with Crippen molar-refractivity contribution in [2.45, 2.75) is 52.1 Å². The van der Waals surface area contributed by atoms with Crippen LogP contribution in [0.1, 0.15) is 45.1 Å². The Hall–Kier alpha value is -1.62. The SMILES string of the molecule is CCCCOc1ncc(NC(=O)[C@](C)(OC)C2CC2)cc1C. The first kappa shape index (κ1) is 16.7. The first-order chi connectivity index (χ1) is 10.5. The second-order valence-corrected chi connectivity index (χ2v) is 6.09. The molecule has 2 rings (SSSR count). The number of ether oxygens (including phenoxy) is 2. The Morgan fingerprint density at radius 2 is 2.23 bits per heavy atom. The van der Waals surface area contributed by atoms with Crippen molar-refractivity contribution in [2.24, 2.45) is 5.92 Å². The number of methoxy groups -OCH3 is 1. The lowest BCUT2D eigenvalue weighted by molar-refractivity contribution is -0.138. The van der Waals surface area contributed by atoms with E-state index >= 15 is 0 Å². The van der Waals surface area contributed by atoms with Gasteiger partial charge in [-0.25, -0.2) is 4.98 Å². The maximum atomic E-state index is 12.5. The van der Waals surface area contributed by atoms with E-state index in [0.717, 1.165) is 31.2 Å². The summed E-state index contributed by atoms with van der Waals surface area (Å²) in [5, 5.41) is 2.91. The predicted octanol–water partition coefficient (Wildman–Crippen LogP) is 3.32. The molecule has 1 saturated carbocycles. The largest absolute Gasteiger partial charge is 0.477 e. The number of rotatable bonds is 8. The summed E-state index contributed by atoms with van der Waals surface area (Å²) in [6.07, 6.45) is 5.81. The van der Waals surface area contributed by atoms with Crippen molar-refractivity contribution in [2.75, 3.05) is 19.0 Å². The molecular weight excluding hydrogens is 280 g/mol. The van der Waals surface area contributed by atoms with Crippen molar-refractivity contribution in [1.82, 2.24) is 4.98 Å². The highest BCUT2D eigenvalue weighted by molar-refractivity contribution is 5.97. The molecule has 0 bridgehead atoms. The highest BCUT2D eigenvalue weighted by atomic mass is 16.5. The van der Waals surface area contributed by atoms with Crippen molar-refractivity contribution in [3.8, 4) is 5.88 Å². The molecule has 5 nitrogen and oxygen atoms in total. The van der Waals surface area contributed by atoms with E-state index in [-0.39, 0.29) is 5.91 Å². The third-order valence-corrected chi connectivity index (χ3v) is 4.26. The van der Waals surface area contributed by atoms with Crippen LogP contribution in [0.2, 0.25) is 0 Å². The Morgan fingerprint density at radius 3 is 2.77 bits per heavy atom. The van der Waals surface area contributed by atoms with Crippen LogP contribution >= 0.6 is 0 Å². The van der Waals surface area contributed by atoms with E-state index in [2.05, 4.69) is 17.2 Å². The summed E-state index contributed by atoms with van der Waals surface area (Å²) in [5.74, 6) is 0.824. The monoisotopic (exact) mass is 306 g/mol. The smallest absolute Gasteiger partial charge is 0.256 e. The fraction of sp³-hybridized carbons (Fsp3) is 0.647. The number of amides is 1. The number of nitrogens with one attached hydrogen (secondary N) is 1.